The molecule has 1 fully saturated rings. The number of hydrogen-bond acceptors (Lipinski definition) is 4. The molecule has 0 unspecified atom stereocenters. The molecule has 5 nitrogen and oxygen atoms in total. The van der Waals surface area contributed by atoms with Crippen molar-refractivity contribution in [3.05, 3.63) is 23.8 Å². The van der Waals surface area contributed by atoms with Crippen molar-refractivity contribution in [2.75, 3.05) is 45.1 Å². The zero-order chi connectivity index (χ0) is 14.5. The molecule has 1 heterocycles. The summed E-state index contributed by atoms with van der Waals surface area (Å²) in [6.45, 7) is 8.93. The van der Waals surface area contributed by atoms with Gasteiger partial charge in [-0.15, -0.1) is 0 Å². The first-order valence-corrected chi connectivity index (χ1v) is 7.20. The normalized spacial score (nSPS) is 16.2. The first-order valence-electron chi connectivity index (χ1n) is 7.20. The molecule has 0 spiro atoms. The van der Waals surface area contributed by atoms with Gasteiger partial charge in [0.1, 0.15) is 0 Å². The second kappa shape index (κ2) is 6.61. The highest BCUT2D eigenvalue weighted by atomic mass is 16.5. The highest BCUT2D eigenvalue weighted by Crippen LogP contribution is 2.27. The van der Waals surface area contributed by atoms with Crippen molar-refractivity contribution >= 4 is 11.6 Å². The van der Waals surface area contributed by atoms with E-state index < -0.39 is 0 Å². The average molecular weight is 277 g/mol. The summed E-state index contributed by atoms with van der Waals surface area (Å²) in [7, 11) is 0. The van der Waals surface area contributed by atoms with Gasteiger partial charge in [-0.2, -0.15) is 0 Å². The number of nitrogens with two attached hydrogens (primary N) is 1. The van der Waals surface area contributed by atoms with Gasteiger partial charge in [-0.05, 0) is 25.6 Å². The molecule has 0 atom stereocenters. The Balaban J connectivity index is 2.15. The minimum Gasteiger partial charge on any atom is -0.491 e. The van der Waals surface area contributed by atoms with Gasteiger partial charge in [-0.25, -0.2) is 0 Å². The summed E-state index contributed by atoms with van der Waals surface area (Å²) in [5, 5.41) is 0. The number of ether oxygens (including phenoxy) is 1. The number of carbonyl (C=O) groups is 1. The predicted octanol–water partition coefficient (Wildman–Crippen LogP) is 1.45. The van der Waals surface area contributed by atoms with Gasteiger partial charge < -0.3 is 20.3 Å². The van der Waals surface area contributed by atoms with Crippen molar-refractivity contribution in [1.29, 1.82) is 0 Å². The Morgan fingerprint density at radius 2 is 1.95 bits per heavy atom. The summed E-state index contributed by atoms with van der Waals surface area (Å²) in [5.74, 6) is 0.523. The third kappa shape index (κ3) is 3.04. The minimum atomic E-state index is 0.0107. The van der Waals surface area contributed by atoms with Crippen LogP contribution < -0.4 is 10.5 Å². The number of carbonyl (C=O) groups excluding carboxylic acids is 1. The number of rotatable bonds is 4. The van der Waals surface area contributed by atoms with E-state index in [1.165, 1.54) is 0 Å². The van der Waals surface area contributed by atoms with Crippen molar-refractivity contribution in [3.8, 4) is 5.75 Å². The molecule has 0 saturated carbocycles. The summed E-state index contributed by atoms with van der Waals surface area (Å²) >= 11 is 0. The molecule has 0 aliphatic carbocycles. The molecule has 0 radical (unpaired) electrons. The highest BCUT2D eigenvalue weighted by Gasteiger charge is 2.24. The summed E-state index contributed by atoms with van der Waals surface area (Å²) < 4.78 is 5.54. The van der Waals surface area contributed by atoms with Gasteiger partial charge in [-0.1, -0.05) is 13.0 Å². The molecular weight excluding hydrogens is 254 g/mol. The van der Waals surface area contributed by atoms with Crippen molar-refractivity contribution in [2.24, 2.45) is 0 Å². The smallest absolute Gasteiger partial charge is 0.257 e. The molecule has 5 heteroatoms. The Hall–Kier alpha value is -1.75. The lowest BCUT2D eigenvalue weighted by molar-refractivity contribution is 0.0639. The molecule has 1 aromatic rings. The molecule has 1 aliphatic rings. The van der Waals surface area contributed by atoms with Crippen molar-refractivity contribution < 1.29 is 9.53 Å². The molecule has 1 aliphatic heterocycles. The minimum absolute atomic E-state index is 0.0107. The quantitative estimate of drug-likeness (QED) is 0.846. The number of anilines is 1. The van der Waals surface area contributed by atoms with E-state index >= 15 is 0 Å². The summed E-state index contributed by atoms with van der Waals surface area (Å²) in [4.78, 5) is 16.8. The van der Waals surface area contributed by atoms with Crippen LogP contribution in [0.2, 0.25) is 0 Å². The number of para-hydroxylation sites is 1. The molecule has 110 valence electrons. The third-order valence-corrected chi connectivity index (χ3v) is 3.67. The van der Waals surface area contributed by atoms with E-state index in [9.17, 15) is 4.79 Å². The maximum atomic E-state index is 12.6. The lowest BCUT2D eigenvalue weighted by Gasteiger charge is -2.34. The molecule has 2 N–H and O–H groups in total. The SMILES string of the molecule is CCOc1c(N)cccc1C(=O)N1CCN(CC)CC1. The monoisotopic (exact) mass is 277 g/mol. The van der Waals surface area contributed by atoms with E-state index in [0.717, 1.165) is 32.7 Å². The maximum absolute atomic E-state index is 12.6. The van der Waals surface area contributed by atoms with Gasteiger partial charge in [-0.3, -0.25) is 4.79 Å². The van der Waals surface area contributed by atoms with Crippen LogP contribution >= 0.6 is 0 Å². The molecule has 1 saturated heterocycles. The lowest BCUT2D eigenvalue weighted by Crippen LogP contribution is -2.48. The van der Waals surface area contributed by atoms with Crippen LogP contribution in [0.3, 0.4) is 0 Å². The van der Waals surface area contributed by atoms with Crippen molar-refractivity contribution in [1.82, 2.24) is 9.80 Å². The third-order valence-electron chi connectivity index (χ3n) is 3.67. The van der Waals surface area contributed by atoms with Crippen LogP contribution in [0.5, 0.6) is 5.75 Å². The Morgan fingerprint density at radius 3 is 2.55 bits per heavy atom. The number of nitrogens with zero attached hydrogens (tertiary/aromatic N) is 2. The highest BCUT2D eigenvalue weighted by molar-refractivity contribution is 5.98. The fourth-order valence-electron chi connectivity index (χ4n) is 2.47. The Morgan fingerprint density at radius 1 is 1.25 bits per heavy atom. The van der Waals surface area contributed by atoms with Crippen LogP contribution in [-0.2, 0) is 0 Å². The number of nitrogen functional groups attached to an aromatic ring is 1. The molecule has 0 bridgehead atoms. The number of piperazine rings is 1. The van der Waals surface area contributed by atoms with Gasteiger partial charge >= 0.3 is 0 Å². The zero-order valence-corrected chi connectivity index (χ0v) is 12.3. The van der Waals surface area contributed by atoms with Crippen LogP contribution in [-0.4, -0.2) is 55.0 Å². The second-order valence-corrected chi connectivity index (χ2v) is 4.88. The van der Waals surface area contributed by atoms with Crippen LogP contribution in [0.1, 0.15) is 24.2 Å². The largest absolute Gasteiger partial charge is 0.491 e. The summed E-state index contributed by atoms with van der Waals surface area (Å²) in [6.07, 6.45) is 0. The first kappa shape index (κ1) is 14.7. The van der Waals surface area contributed by atoms with Crippen LogP contribution in [0, 0.1) is 0 Å². The van der Waals surface area contributed by atoms with Gasteiger partial charge in [0, 0.05) is 26.2 Å². The first-order chi connectivity index (χ1) is 9.67. The predicted molar refractivity (Wildman–Crippen MR) is 80.0 cm³/mol. The number of likely N-dealkylation sites (N-methyl/N-ethyl adjacent to an activating group) is 1. The van der Waals surface area contributed by atoms with Gasteiger partial charge in [0.15, 0.2) is 5.75 Å². The van der Waals surface area contributed by atoms with E-state index in [4.69, 9.17) is 10.5 Å². The fourth-order valence-corrected chi connectivity index (χ4v) is 2.47. The summed E-state index contributed by atoms with van der Waals surface area (Å²) in [6, 6.07) is 5.35. The van der Waals surface area contributed by atoms with Crippen molar-refractivity contribution in [3.63, 3.8) is 0 Å². The molecule has 1 aromatic carbocycles. The Kier molecular flexibility index (Phi) is 4.84. The van der Waals surface area contributed by atoms with Gasteiger partial charge in [0.2, 0.25) is 0 Å². The maximum Gasteiger partial charge on any atom is 0.257 e. The number of hydrogen-bond donors (Lipinski definition) is 1. The average Bonchev–Trinajstić information content (AvgIpc) is 2.49. The Labute approximate surface area is 120 Å². The van der Waals surface area contributed by atoms with E-state index in [-0.39, 0.29) is 5.91 Å². The number of amides is 1. The van der Waals surface area contributed by atoms with Crippen LogP contribution in [0.15, 0.2) is 18.2 Å². The van der Waals surface area contributed by atoms with Crippen LogP contribution in [0.4, 0.5) is 5.69 Å². The molecule has 20 heavy (non-hydrogen) atoms. The van der Waals surface area contributed by atoms with Gasteiger partial charge in [0.25, 0.3) is 5.91 Å². The molecule has 1 amide bonds. The van der Waals surface area contributed by atoms with E-state index in [0.29, 0.717) is 23.6 Å². The van der Waals surface area contributed by atoms with Crippen LogP contribution in [0.25, 0.3) is 0 Å². The lowest BCUT2D eigenvalue weighted by atomic mass is 10.1. The fraction of sp³-hybridized carbons (Fsp3) is 0.533. The van der Waals surface area contributed by atoms with E-state index in [1.807, 2.05) is 11.8 Å². The molecule has 0 aromatic heterocycles. The number of benzene rings is 1. The standard InChI is InChI=1S/C15H23N3O2/c1-3-17-8-10-18(11-9-17)15(19)12-6-5-7-13(16)14(12)20-4-2/h5-7H,3-4,8-11,16H2,1-2H3. The Bertz CT molecular complexity index is 468. The van der Waals surface area contributed by atoms with Gasteiger partial charge in [0.05, 0.1) is 17.9 Å². The van der Waals surface area contributed by atoms with Crippen molar-refractivity contribution in [2.45, 2.75) is 13.8 Å². The zero-order valence-electron chi connectivity index (χ0n) is 12.3. The van der Waals surface area contributed by atoms with E-state index in [1.54, 1.807) is 18.2 Å². The summed E-state index contributed by atoms with van der Waals surface area (Å²) in [5.41, 5.74) is 7.00. The van der Waals surface area contributed by atoms with E-state index in [2.05, 4.69) is 11.8 Å². The second-order valence-electron chi connectivity index (χ2n) is 4.88. The molecule has 2 rings (SSSR count). The topological polar surface area (TPSA) is 58.8 Å². The molecular formula is C15H23N3O2.